The number of aryl methyl sites for hydroxylation is 1. The van der Waals surface area contributed by atoms with Gasteiger partial charge in [0.15, 0.2) is 0 Å². The van der Waals surface area contributed by atoms with Crippen molar-refractivity contribution in [3.05, 3.63) is 17.5 Å². The highest BCUT2D eigenvalue weighted by molar-refractivity contribution is 5.17. The molecule has 0 aliphatic rings. The monoisotopic (exact) mass is 209 g/mol. The Bertz CT molecular complexity index is 289. The van der Waals surface area contributed by atoms with Crippen LogP contribution < -0.4 is 5.32 Å². The average molecular weight is 209 g/mol. The second-order valence-corrected chi connectivity index (χ2v) is 4.23. The fourth-order valence-corrected chi connectivity index (χ4v) is 1.73. The van der Waals surface area contributed by atoms with E-state index in [-0.39, 0.29) is 0 Å². The van der Waals surface area contributed by atoms with E-state index in [2.05, 4.69) is 42.8 Å². The van der Waals surface area contributed by atoms with Crippen molar-refractivity contribution in [1.82, 2.24) is 15.1 Å². The lowest BCUT2D eigenvalue weighted by atomic mass is 10.2. The highest BCUT2D eigenvalue weighted by Gasteiger charge is 2.08. The Kier molecular flexibility index (Phi) is 4.82. The fourth-order valence-electron chi connectivity index (χ4n) is 1.73. The van der Waals surface area contributed by atoms with E-state index in [1.165, 1.54) is 11.3 Å². The minimum atomic E-state index is 0.532. The summed E-state index contributed by atoms with van der Waals surface area (Å²) in [5.41, 5.74) is 2.73. The Morgan fingerprint density at radius 3 is 2.67 bits per heavy atom. The summed E-state index contributed by atoms with van der Waals surface area (Å²) in [6.45, 7) is 10.7. The third-order valence-corrected chi connectivity index (χ3v) is 2.51. The molecule has 0 aliphatic heterocycles. The lowest BCUT2D eigenvalue weighted by Gasteiger charge is -2.09. The number of hydrogen-bond donors (Lipinski definition) is 1. The highest BCUT2D eigenvalue weighted by atomic mass is 15.3. The summed E-state index contributed by atoms with van der Waals surface area (Å²) in [5.74, 6) is 0. The average Bonchev–Trinajstić information content (AvgIpc) is 2.58. The molecule has 0 saturated carbocycles. The van der Waals surface area contributed by atoms with Gasteiger partial charge in [-0.15, -0.1) is 0 Å². The van der Waals surface area contributed by atoms with Gasteiger partial charge in [0.25, 0.3) is 0 Å². The molecule has 1 rings (SSSR count). The molecule has 86 valence electrons. The highest BCUT2D eigenvalue weighted by Crippen LogP contribution is 2.10. The number of aromatic nitrogens is 2. The van der Waals surface area contributed by atoms with Crippen LogP contribution >= 0.6 is 0 Å². The number of rotatable bonds is 6. The van der Waals surface area contributed by atoms with Crippen LogP contribution in [0.1, 0.15) is 45.4 Å². The van der Waals surface area contributed by atoms with Gasteiger partial charge in [0.05, 0.1) is 6.20 Å². The normalized spacial score (nSPS) is 11.3. The second-order valence-electron chi connectivity index (χ2n) is 4.23. The fraction of sp³-hybridized carbons (Fsp3) is 0.750. The van der Waals surface area contributed by atoms with Crippen molar-refractivity contribution >= 4 is 0 Å². The van der Waals surface area contributed by atoms with E-state index in [4.69, 9.17) is 0 Å². The van der Waals surface area contributed by atoms with Crippen LogP contribution in [0.4, 0.5) is 0 Å². The molecule has 1 aromatic rings. The Morgan fingerprint density at radius 1 is 1.40 bits per heavy atom. The molecule has 3 heteroatoms. The maximum atomic E-state index is 4.43. The van der Waals surface area contributed by atoms with E-state index in [1.54, 1.807) is 0 Å². The molecular weight excluding hydrogens is 186 g/mol. The molecule has 15 heavy (non-hydrogen) atoms. The van der Waals surface area contributed by atoms with E-state index in [1.807, 2.05) is 6.20 Å². The molecule has 1 aromatic heterocycles. The van der Waals surface area contributed by atoms with Gasteiger partial charge in [0.1, 0.15) is 0 Å². The molecule has 0 aliphatic carbocycles. The molecule has 0 aromatic carbocycles. The van der Waals surface area contributed by atoms with Crippen molar-refractivity contribution in [2.45, 2.75) is 59.7 Å². The zero-order valence-electron chi connectivity index (χ0n) is 10.4. The van der Waals surface area contributed by atoms with Crippen molar-refractivity contribution in [3.63, 3.8) is 0 Å². The van der Waals surface area contributed by atoms with Crippen LogP contribution in [-0.4, -0.2) is 15.8 Å². The first-order valence-electron chi connectivity index (χ1n) is 5.95. The van der Waals surface area contributed by atoms with E-state index < -0.39 is 0 Å². The summed E-state index contributed by atoms with van der Waals surface area (Å²) in [4.78, 5) is 0. The predicted octanol–water partition coefficient (Wildman–Crippen LogP) is 2.35. The second kappa shape index (κ2) is 5.91. The van der Waals surface area contributed by atoms with Gasteiger partial charge < -0.3 is 5.32 Å². The molecule has 0 atom stereocenters. The van der Waals surface area contributed by atoms with Crippen LogP contribution in [0.5, 0.6) is 0 Å². The van der Waals surface area contributed by atoms with Crippen molar-refractivity contribution in [2.75, 3.05) is 0 Å². The minimum Gasteiger partial charge on any atom is -0.310 e. The third kappa shape index (κ3) is 3.34. The SMILES string of the molecule is CCCn1ncc(CNC(C)C)c1CC. The zero-order valence-corrected chi connectivity index (χ0v) is 10.4. The first kappa shape index (κ1) is 12.2. The molecule has 3 nitrogen and oxygen atoms in total. The zero-order chi connectivity index (χ0) is 11.3. The van der Waals surface area contributed by atoms with Crippen LogP contribution in [0.25, 0.3) is 0 Å². The largest absolute Gasteiger partial charge is 0.310 e. The van der Waals surface area contributed by atoms with Gasteiger partial charge in [0.2, 0.25) is 0 Å². The summed E-state index contributed by atoms with van der Waals surface area (Å²) in [5, 5.41) is 7.87. The van der Waals surface area contributed by atoms with E-state index in [0.717, 1.165) is 25.9 Å². The maximum Gasteiger partial charge on any atom is 0.0537 e. The molecule has 0 amide bonds. The van der Waals surface area contributed by atoms with Crippen LogP contribution in [0, 0.1) is 0 Å². The number of nitrogens with zero attached hydrogens (tertiary/aromatic N) is 2. The van der Waals surface area contributed by atoms with Crippen molar-refractivity contribution in [3.8, 4) is 0 Å². The van der Waals surface area contributed by atoms with Gasteiger partial charge in [-0.25, -0.2) is 0 Å². The maximum absolute atomic E-state index is 4.43. The molecule has 0 fully saturated rings. The summed E-state index contributed by atoms with van der Waals surface area (Å²) in [6, 6.07) is 0.532. The topological polar surface area (TPSA) is 29.9 Å². The van der Waals surface area contributed by atoms with Gasteiger partial charge in [-0.1, -0.05) is 27.7 Å². The van der Waals surface area contributed by atoms with Crippen molar-refractivity contribution < 1.29 is 0 Å². The Labute approximate surface area is 92.9 Å². The lowest BCUT2D eigenvalue weighted by Crippen LogP contribution is -2.22. The summed E-state index contributed by atoms with van der Waals surface area (Å²) in [6.07, 6.45) is 4.21. The molecule has 0 unspecified atom stereocenters. The standard InChI is InChI=1S/C12H23N3/c1-5-7-15-12(6-2)11(9-14-15)8-13-10(3)4/h9-10,13H,5-8H2,1-4H3. The van der Waals surface area contributed by atoms with E-state index in [0.29, 0.717) is 6.04 Å². The lowest BCUT2D eigenvalue weighted by molar-refractivity contribution is 0.565. The summed E-state index contributed by atoms with van der Waals surface area (Å²) in [7, 11) is 0. The van der Waals surface area contributed by atoms with Crippen LogP contribution in [-0.2, 0) is 19.5 Å². The molecule has 1 heterocycles. The molecule has 0 radical (unpaired) electrons. The van der Waals surface area contributed by atoms with Gasteiger partial charge in [-0.2, -0.15) is 5.10 Å². The minimum absolute atomic E-state index is 0.532. The summed E-state index contributed by atoms with van der Waals surface area (Å²) < 4.78 is 2.14. The van der Waals surface area contributed by atoms with Crippen LogP contribution in [0.3, 0.4) is 0 Å². The van der Waals surface area contributed by atoms with E-state index in [9.17, 15) is 0 Å². The van der Waals surface area contributed by atoms with Gasteiger partial charge in [-0.05, 0) is 12.8 Å². The van der Waals surface area contributed by atoms with Gasteiger partial charge >= 0.3 is 0 Å². The molecule has 0 bridgehead atoms. The smallest absolute Gasteiger partial charge is 0.0537 e. The van der Waals surface area contributed by atoms with Crippen molar-refractivity contribution in [1.29, 1.82) is 0 Å². The van der Waals surface area contributed by atoms with E-state index >= 15 is 0 Å². The number of nitrogens with one attached hydrogen (secondary N) is 1. The third-order valence-electron chi connectivity index (χ3n) is 2.51. The Balaban J connectivity index is 2.70. The van der Waals surface area contributed by atoms with Gasteiger partial charge in [0, 0.05) is 30.4 Å². The molecule has 0 saturated heterocycles. The van der Waals surface area contributed by atoms with Crippen LogP contribution in [0.2, 0.25) is 0 Å². The number of hydrogen-bond acceptors (Lipinski definition) is 2. The van der Waals surface area contributed by atoms with Crippen LogP contribution in [0.15, 0.2) is 6.20 Å². The summed E-state index contributed by atoms with van der Waals surface area (Å²) >= 11 is 0. The first-order chi connectivity index (χ1) is 7.19. The molecule has 1 N–H and O–H groups in total. The van der Waals surface area contributed by atoms with Gasteiger partial charge in [-0.3, -0.25) is 4.68 Å². The molecular formula is C12H23N3. The molecule has 0 spiro atoms. The Morgan fingerprint density at radius 2 is 2.13 bits per heavy atom. The van der Waals surface area contributed by atoms with Crippen molar-refractivity contribution in [2.24, 2.45) is 0 Å². The first-order valence-corrected chi connectivity index (χ1v) is 5.95. The predicted molar refractivity (Wildman–Crippen MR) is 63.9 cm³/mol. The quantitative estimate of drug-likeness (QED) is 0.779. The Hall–Kier alpha value is -0.830.